The second kappa shape index (κ2) is 8.72. The second-order valence-corrected chi connectivity index (χ2v) is 13.0. The summed E-state index contributed by atoms with van der Waals surface area (Å²) < 4.78 is 0. The van der Waals surface area contributed by atoms with Crippen molar-refractivity contribution in [3.8, 4) is 0 Å². The van der Waals surface area contributed by atoms with Crippen molar-refractivity contribution in [3.63, 3.8) is 0 Å². The lowest BCUT2D eigenvalue weighted by atomic mass is 9.49. The summed E-state index contributed by atoms with van der Waals surface area (Å²) in [4.78, 5) is 15.5. The van der Waals surface area contributed by atoms with E-state index in [0.29, 0.717) is 23.3 Å². The third kappa shape index (κ3) is 3.79. The van der Waals surface area contributed by atoms with E-state index in [0.717, 1.165) is 61.3 Å². The van der Waals surface area contributed by atoms with Gasteiger partial charge in [-0.25, -0.2) is 0 Å². The van der Waals surface area contributed by atoms with Gasteiger partial charge in [-0.1, -0.05) is 50.6 Å². The maximum Gasteiger partial charge on any atom is 0.223 e. The summed E-state index contributed by atoms with van der Waals surface area (Å²) in [5.74, 6) is 7.05. The Balaban J connectivity index is 1.20. The van der Waals surface area contributed by atoms with Gasteiger partial charge in [0.05, 0.1) is 6.04 Å². The van der Waals surface area contributed by atoms with Gasteiger partial charge in [0.15, 0.2) is 0 Å². The summed E-state index contributed by atoms with van der Waals surface area (Å²) >= 11 is 0. The van der Waals surface area contributed by atoms with Gasteiger partial charge in [0.2, 0.25) is 5.91 Å². The Morgan fingerprint density at radius 2 is 1.73 bits per heavy atom. The van der Waals surface area contributed by atoms with Crippen LogP contribution < -0.4 is 0 Å². The van der Waals surface area contributed by atoms with Crippen LogP contribution in [0.1, 0.15) is 103 Å². The molecule has 0 spiro atoms. The number of piperidine rings is 1. The van der Waals surface area contributed by atoms with Crippen LogP contribution in [-0.2, 0) is 4.79 Å². The predicted octanol–water partition coefficient (Wildman–Crippen LogP) is 7.65. The molecule has 0 radical (unpaired) electrons. The molecule has 2 heteroatoms. The molecule has 1 saturated heterocycles. The van der Waals surface area contributed by atoms with Crippen LogP contribution >= 0.6 is 0 Å². The van der Waals surface area contributed by atoms with Gasteiger partial charge < -0.3 is 4.90 Å². The van der Waals surface area contributed by atoms with Crippen LogP contribution in [0.15, 0.2) is 30.3 Å². The van der Waals surface area contributed by atoms with Crippen molar-refractivity contribution in [2.45, 2.75) is 96.9 Å². The van der Waals surface area contributed by atoms with E-state index < -0.39 is 0 Å². The summed E-state index contributed by atoms with van der Waals surface area (Å²) in [7, 11) is 0. The highest BCUT2D eigenvalue weighted by Gasteiger charge is 2.57. The Labute approximate surface area is 201 Å². The zero-order chi connectivity index (χ0) is 22.6. The largest absolute Gasteiger partial charge is 0.335 e. The summed E-state index contributed by atoms with van der Waals surface area (Å²) in [6.07, 6.45) is 16.1. The number of nitrogens with zero attached hydrogens (tertiary/aromatic N) is 1. The van der Waals surface area contributed by atoms with E-state index in [2.05, 4.69) is 49.1 Å². The lowest BCUT2D eigenvalue weighted by Crippen LogP contribution is -2.50. The van der Waals surface area contributed by atoms with Crippen molar-refractivity contribution in [2.75, 3.05) is 6.54 Å². The zero-order valence-corrected chi connectivity index (χ0v) is 21.1. The Hall–Kier alpha value is -1.31. The minimum absolute atomic E-state index is 0.297. The van der Waals surface area contributed by atoms with Gasteiger partial charge in [-0.3, -0.25) is 4.79 Å². The molecule has 0 aromatic heterocycles. The van der Waals surface area contributed by atoms with Crippen molar-refractivity contribution in [1.82, 2.24) is 4.90 Å². The van der Waals surface area contributed by atoms with Crippen molar-refractivity contribution in [3.05, 3.63) is 35.9 Å². The molecule has 5 fully saturated rings. The van der Waals surface area contributed by atoms with E-state index in [-0.39, 0.29) is 0 Å². The quantitative estimate of drug-likeness (QED) is 0.466. The molecule has 9 atom stereocenters. The van der Waals surface area contributed by atoms with Gasteiger partial charge in [-0.15, -0.1) is 0 Å². The summed E-state index contributed by atoms with van der Waals surface area (Å²) in [6.45, 7) is 6.14. The zero-order valence-electron chi connectivity index (χ0n) is 21.1. The first-order valence-electron chi connectivity index (χ1n) is 14.4. The van der Waals surface area contributed by atoms with Crippen molar-refractivity contribution in [2.24, 2.45) is 46.8 Å². The molecule has 2 unspecified atom stereocenters. The number of carbonyl (C=O) groups excluding carboxylic acids is 1. The smallest absolute Gasteiger partial charge is 0.223 e. The van der Waals surface area contributed by atoms with E-state index in [4.69, 9.17) is 0 Å². The molecule has 4 saturated carbocycles. The molecule has 1 heterocycles. The van der Waals surface area contributed by atoms with Crippen LogP contribution in [0.3, 0.4) is 0 Å². The van der Waals surface area contributed by atoms with E-state index in [1.54, 1.807) is 0 Å². The normalized spacial score (nSPS) is 45.3. The van der Waals surface area contributed by atoms with Gasteiger partial charge in [-0.05, 0) is 117 Å². The van der Waals surface area contributed by atoms with E-state index in [9.17, 15) is 4.79 Å². The fourth-order valence-corrected chi connectivity index (χ4v) is 9.90. The Morgan fingerprint density at radius 3 is 2.58 bits per heavy atom. The highest BCUT2D eigenvalue weighted by atomic mass is 16.2. The van der Waals surface area contributed by atoms with Gasteiger partial charge in [0.1, 0.15) is 0 Å². The molecule has 1 amide bonds. The first-order valence-corrected chi connectivity index (χ1v) is 14.4. The summed E-state index contributed by atoms with van der Waals surface area (Å²) in [6, 6.07) is 11.2. The number of carbonyl (C=O) groups is 1. The first-order chi connectivity index (χ1) is 16.0. The van der Waals surface area contributed by atoms with Gasteiger partial charge in [0.25, 0.3) is 0 Å². The van der Waals surface area contributed by atoms with Gasteiger partial charge in [0, 0.05) is 13.0 Å². The molecule has 1 aromatic rings. The molecule has 2 nitrogen and oxygen atoms in total. The average molecular weight is 448 g/mol. The molecule has 180 valence electrons. The average Bonchev–Trinajstić information content (AvgIpc) is 3.16. The Kier molecular flexibility index (Phi) is 5.86. The molecule has 33 heavy (non-hydrogen) atoms. The molecule has 4 aliphatic carbocycles. The third-order valence-electron chi connectivity index (χ3n) is 11.6. The monoisotopic (exact) mass is 447 g/mol. The van der Waals surface area contributed by atoms with Crippen LogP contribution in [0, 0.1) is 46.8 Å². The lowest BCUT2D eigenvalue weighted by molar-refractivity contribution is -0.139. The highest BCUT2D eigenvalue weighted by Crippen LogP contribution is 2.64. The van der Waals surface area contributed by atoms with Gasteiger partial charge >= 0.3 is 0 Å². The van der Waals surface area contributed by atoms with Crippen LogP contribution in [0.2, 0.25) is 0 Å². The van der Waals surface area contributed by atoms with Crippen LogP contribution in [0.5, 0.6) is 0 Å². The van der Waals surface area contributed by atoms with E-state index in [1.165, 1.54) is 63.4 Å². The number of likely N-dealkylation sites (tertiary alicyclic amines) is 1. The molecule has 0 N–H and O–H groups in total. The molecule has 0 bridgehead atoms. The lowest BCUT2D eigenvalue weighted by Gasteiger charge is -2.56. The fourth-order valence-electron chi connectivity index (χ4n) is 9.90. The summed E-state index contributed by atoms with van der Waals surface area (Å²) in [5.41, 5.74) is 1.80. The highest BCUT2D eigenvalue weighted by molar-refractivity contribution is 5.77. The Morgan fingerprint density at radius 1 is 0.909 bits per heavy atom. The number of hydrogen-bond donors (Lipinski definition) is 0. The summed E-state index contributed by atoms with van der Waals surface area (Å²) in [5, 5.41) is 0. The standard InChI is InChI=1S/C31H45NO/c1-21-11-14-25-23(19-21)12-15-27-26(25)17-18-31(2)24(13-16-28(27)31)20-32-29(9-6-10-30(32)33)22-7-4-3-5-8-22/h3-5,7-8,21,23-29H,6,9-20H2,1-2H3/t21-,23+,24+,25-,26?,27+,28?,29+,31+/m0/s1. The SMILES string of the molecule is C[C@H]1CC[C@@H]2C3CC[C@@]4(C)C(CC[C@@H]4CN4C(=O)CCC[C@@H]4c4ccccc4)[C@@H]3CC[C@@H]2C1. The fraction of sp³-hybridized carbons (Fsp3) is 0.774. The number of benzene rings is 1. The number of fused-ring (bicyclic) bond motifs is 5. The molecule has 5 aliphatic rings. The van der Waals surface area contributed by atoms with E-state index >= 15 is 0 Å². The van der Waals surface area contributed by atoms with Crippen LogP contribution in [0.25, 0.3) is 0 Å². The first kappa shape index (κ1) is 22.2. The van der Waals surface area contributed by atoms with Crippen molar-refractivity contribution < 1.29 is 4.79 Å². The molecule has 1 aliphatic heterocycles. The van der Waals surface area contributed by atoms with Gasteiger partial charge in [-0.2, -0.15) is 0 Å². The van der Waals surface area contributed by atoms with E-state index in [1.807, 2.05) is 0 Å². The predicted molar refractivity (Wildman–Crippen MR) is 135 cm³/mol. The van der Waals surface area contributed by atoms with Crippen molar-refractivity contribution in [1.29, 1.82) is 0 Å². The topological polar surface area (TPSA) is 20.3 Å². The maximum atomic E-state index is 13.2. The minimum atomic E-state index is 0.297. The maximum absolute atomic E-state index is 13.2. The minimum Gasteiger partial charge on any atom is -0.335 e. The molecule has 6 rings (SSSR count). The number of rotatable bonds is 3. The molecular formula is C31H45NO. The second-order valence-electron chi connectivity index (χ2n) is 13.0. The number of hydrogen-bond acceptors (Lipinski definition) is 1. The van der Waals surface area contributed by atoms with Crippen molar-refractivity contribution >= 4 is 5.91 Å². The van der Waals surface area contributed by atoms with Crippen LogP contribution in [-0.4, -0.2) is 17.4 Å². The third-order valence-corrected chi connectivity index (χ3v) is 11.6. The van der Waals surface area contributed by atoms with Crippen LogP contribution in [0.4, 0.5) is 0 Å². The number of amides is 1. The molecular weight excluding hydrogens is 402 g/mol. The molecule has 1 aromatic carbocycles. The Bertz CT molecular complexity index is 850.